The Morgan fingerprint density at radius 2 is 2.22 bits per heavy atom. The van der Waals surface area contributed by atoms with Gasteiger partial charge in [-0.15, -0.1) is 11.3 Å². The minimum atomic E-state index is -0.410. The van der Waals surface area contributed by atoms with Gasteiger partial charge in [0.25, 0.3) is 0 Å². The molecule has 1 aliphatic rings. The minimum Gasteiger partial charge on any atom is -0.341 e. The Morgan fingerprint density at radius 1 is 1.39 bits per heavy atom. The van der Waals surface area contributed by atoms with Crippen LogP contribution in [0.4, 0.5) is 4.39 Å². The summed E-state index contributed by atoms with van der Waals surface area (Å²) in [6.07, 6.45) is 4.02. The Labute approximate surface area is 141 Å². The highest BCUT2D eigenvalue weighted by Gasteiger charge is 2.21. The summed E-state index contributed by atoms with van der Waals surface area (Å²) in [6.45, 7) is 1.71. The molecule has 1 saturated heterocycles. The van der Waals surface area contributed by atoms with Gasteiger partial charge in [0.2, 0.25) is 5.91 Å². The molecule has 1 amide bonds. The van der Waals surface area contributed by atoms with Gasteiger partial charge in [0, 0.05) is 41.3 Å². The van der Waals surface area contributed by atoms with E-state index in [1.165, 1.54) is 17.5 Å². The molecule has 0 N–H and O–H groups in total. The smallest absolute Gasteiger partial charge is 0.242 e. The number of pyridine rings is 1. The third-order valence-electron chi connectivity index (χ3n) is 4.04. The van der Waals surface area contributed by atoms with E-state index in [4.69, 9.17) is 11.6 Å². The highest BCUT2D eigenvalue weighted by molar-refractivity contribution is 7.14. The summed E-state index contributed by atoms with van der Waals surface area (Å²) in [5.74, 6) is -0.398. The molecule has 4 nitrogen and oxygen atoms in total. The maximum absolute atomic E-state index is 14.1. The quantitative estimate of drug-likeness (QED) is 0.721. The minimum absolute atomic E-state index is 0.0118. The molecule has 118 valence electrons. The fourth-order valence-corrected chi connectivity index (χ4v) is 3.72. The average Bonchev–Trinajstić information content (AvgIpc) is 3.02. The summed E-state index contributed by atoms with van der Waals surface area (Å²) in [4.78, 5) is 19.1. The molecule has 4 rings (SSSR count). The van der Waals surface area contributed by atoms with Crippen LogP contribution < -0.4 is 0 Å². The van der Waals surface area contributed by atoms with Gasteiger partial charge in [-0.25, -0.2) is 4.39 Å². The van der Waals surface area contributed by atoms with Crippen LogP contribution in [0.3, 0.4) is 0 Å². The molecule has 0 radical (unpaired) electrons. The van der Waals surface area contributed by atoms with E-state index in [1.807, 2.05) is 17.5 Å². The number of nitrogens with zero attached hydrogens (tertiary/aromatic N) is 3. The normalized spacial score (nSPS) is 14.3. The Balaban J connectivity index is 1.73. The summed E-state index contributed by atoms with van der Waals surface area (Å²) in [5, 5.41) is 2.51. The van der Waals surface area contributed by atoms with E-state index in [0.29, 0.717) is 10.5 Å². The number of carbonyl (C=O) groups is 1. The molecule has 0 aromatic carbocycles. The number of halogens is 2. The number of hydrogen-bond acceptors (Lipinski definition) is 3. The largest absolute Gasteiger partial charge is 0.341 e. The van der Waals surface area contributed by atoms with Gasteiger partial charge in [-0.3, -0.25) is 9.78 Å². The van der Waals surface area contributed by atoms with Crippen molar-refractivity contribution in [2.45, 2.75) is 13.0 Å². The second-order valence-corrected chi connectivity index (χ2v) is 6.91. The van der Waals surface area contributed by atoms with Crippen LogP contribution in [0.15, 0.2) is 29.9 Å². The van der Waals surface area contributed by atoms with E-state index in [1.54, 1.807) is 15.7 Å². The van der Waals surface area contributed by atoms with Gasteiger partial charge in [-0.05, 0) is 18.6 Å². The standard InChI is InChI=1S/C16H13ClFN3OS/c17-11-5-14(23-9-11)10-4-13-16(19-6-10)12(18)7-21(13)8-15(22)20-2-1-3-20/h4-7,9H,1-3,8H2. The topological polar surface area (TPSA) is 38.1 Å². The molecule has 3 aromatic rings. The number of amides is 1. The van der Waals surface area contributed by atoms with Gasteiger partial charge in [0.05, 0.1) is 10.5 Å². The van der Waals surface area contributed by atoms with Crippen molar-refractivity contribution in [2.24, 2.45) is 0 Å². The van der Waals surface area contributed by atoms with E-state index in [9.17, 15) is 9.18 Å². The van der Waals surface area contributed by atoms with Crippen molar-refractivity contribution in [1.82, 2.24) is 14.5 Å². The molecule has 7 heteroatoms. The molecule has 0 saturated carbocycles. The first-order valence-electron chi connectivity index (χ1n) is 7.28. The molecule has 0 bridgehead atoms. The van der Waals surface area contributed by atoms with Crippen LogP contribution in [0.2, 0.25) is 5.02 Å². The lowest BCUT2D eigenvalue weighted by Gasteiger charge is -2.31. The van der Waals surface area contributed by atoms with Gasteiger partial charge in [-0.2, -0.15) is 0 Å². The lowest BCUT2D eigenvalue weighted by molar-refractivity contribution is -0.135. The van der Waals surface area contributed by atoms with Gasteiger partial charge < -0.3 is 9.47 Å². The number of carbonyl (C=O) groups excluding carboxylic acids is 1. The monoisotopic (exact) mass is 349 g/mol. The molecule has 0 spiro atoms. The van der Waals surface area contributed by atoms with Gasteiger partial charge in [-0.1, -0.05) is 11.6 Å². The van der Waals surface area contributed by atoms with E-state index >= 15 is 0 Å². The van der Waals surface area contributed by atoms with Crippen LogP contribution in [0.5, 0.6) is 0 Å². The fraction of sp³-hybridized carbons (Fsp3) is 0.250. The number of rotatable bonds is 3. The predicted molar refractivity (Wildman–Crippen MR) is 89.2 cm³/mol. The first-order chi connectivity index (χ1) is 11.1. The van der Waals surface area contributed by atoms with Crippen molar-refractivity contribution >= 4 is 39.9 Å². The molecule has 1 aliphatic heterocycles. The van der Waals surface area contributed by atoms with Crippen molar-refractivity contribution in [3.8, 4) is 10.4 Å². The Morgan fingerprint density at radius 3 is 2.87 bits per heavy atom. The second kappa shape index (κ2) is 5.62. The third-order valence-corrected chi connectivity index (χ3v) is 5.37. The van der Waals surface area contributed by atoms with E-state index in [2.05, 4.69) is 4.98 Å². The maximum Gasteiger partial charge on any atom is 0.242 e. The Kier molecular flexibility index (Phi) is 3.58. The predicted octanol–water partition coefficient (Wildman–Crippen LogP) is 3.79. The first kappa shape index (κ1) is 14.7. The summed E-state index contributed by atoms with van der Waals surface area (Å²) in [7, 11) is 0. The molecule has 23 heavy (non-hydrogen) atoms. The van der Waals surface area contributed by atoms with Crippen molar-refractivity contribution in [3.63, 3.8) is 0 Å². The zero-order chi connectivity index (χ0) is 16.0. The summed E-state index contributed by atoms with van der Waals surface area (Å²) < 4.78 is 15.7. The molecule has 0 aliphatic carbocycles. The van der Waals surface area contributed by atoms with Crippen LogP contribution in [0.25, 0.3) is 21.5 Å². The fourth-order valence-electron chi connectivity index (χ4n) is 2.66. The molecular formula is C16H13ClFN3OS. The van der Waals surface area contributed by atoms with Gasteiger partial charge in [0.1, 0.15) is 12.1 Å². The zero-order valence-corrected chi connectivity index (χ0v) is 13.7. The van der Waals surface area contributed by atoms with Gasteiger partial charge >= 0.3 is 0 Å². The lowest BCUT2D eigenvalue weighted by Crippen LogP contribution is -2.43. The number of hydrogen-bond donors (Lipinski definition) is 0. The van der Waals surface area contributed by atoms with E-state index in [-0.39, 0.29) is 18.0 Å². The number of aromatic nitrogens is 2. The molecular weight excluding hydrogens is 337 g/mol. The summed E-state index contributed by atoms with van der Waals surface area (Å²) in [5.41, 5.74) is 1.77. The van der Waals surface area contributed by atoms with Crippen LogP contribution in [-0.4, -0.2) is 33.4 Å². The third kappa shape index (κ3) is 2.62. The lowest BCUT2D eigenvalue weighted by atomic mass is 10.2. The van der Waals surface area contributed by atoms with Crippen molar-refractivity contribution < 1.29 is 9.18 Å². The van der Waals surface area contributed by atoms with Crippen molar-refractivity contribution in [2.75, 3.05) is 13.1 Å². The molecule has 4 heterocycles. The van der Waals surface area contributed by atoms with E-state index in [0.717, 1.165) is 30.0 Å². The maximum atomic E-state index is 14.1. The number of thiophene rings is 1. The van der Waals surface area contributed by atoms with E-state index < -0.39 is 5.82 Å². The summed E-state index contributed by atoms with van der Waals surface area (Å²) >= 11 is 7.47. The van der Waals surface area contributed by atoms with Crippen LogP contribution in [0.1, 0.15) is 6.42 Å². The van der Waals surface area contributed by atoms with Crippen LogP contribution in [0, 0.1) is 5.82 Å². The average molecular weight is 350 g/mol. The molecule has 1 fully saturated rings. The Bertz CT molecular complexity index is 900. The van der Waals surface area contributed by atoms with Crippen LogP contribution >= 0.6 is 22.9 Å². The zero-order valence-electron chi connectivity index (χ0n) is 12.1. The van der Waals surface area contributed by atoms with Crippen LogP contribution in [-0.2, 0) is 11.3 Å². The highest BCUT2D eigenvalue weighted by Crippen LogP contribution is 2.31. The van der Waals surface area contributed by atoms with Crippen molar-refractivity contribution in [3.05, 3.63) is 40.7 Å². The number of likely N-dealkylation sites (tertiary alicyclic amines) is 1. The van der Waals surface area contributed by atoms with Crippen molar-refractivity contribution in [1.29, 1.82) is 0 Å². The second-order valence-electron chi connectivity index (χ2n) is 5.56. The first-order valence-corrected chi connectivity index (χ1v) is 8.54. The number of fused-ring (bicyclic) bond motifs is 1. The SMILES string of the molecule is O=C(Cn1cc(F)c2ncc(-c3cc(Cl)cs3)cc21)N1CCC1. The summed E-state index contributed by atoms with van der Waals surface area (Å²) in [6, 6.07) is 3.71. The van der Waals surface area contributed by atoms with Gasteiger partial charge in [0.15, 0.2) is 5.82 Å². The molecule has 0 atom stereocenters. The molecule has 0 unspecified atom stereocenters. The highest BCUT2D eigenvalue weighted by atomic mass is 35.5. The molecule has 3 aromatic heterocycles. The Hall–Kier alpha value is -1.92.